The Bertz CT molecular complexity index is 921. The molecule has 1 aromatic heterocycles. The zero-order chi connectivity index (χ0) is 16.1. The molecule has 3 unspecified atom stereocenters. The summed E-state index contributed by atoms with van der Waals surface area (Å²) in [5.41, 5.74) is 3.14. The van der Waals surface area contributed by atoms with Gasteiger partial charge in [-0.15, -0.1) is 0 Å². The molecular formula is C21H19BrN2. The Kier molecular flexibility index (Phi) is 3.37. The van der Waals surface area contributed by atoms with Gasteiger partial charge in [0.1, 0.15) is 5.82 Å². The summed E-state index contributed by atoms with van der Waals surface area (Å²) in [5, 5.41) is 6.17. The van der Waals surface area contributed by atoms with Gasteiger partial charge in [0.2, 0.25) is 0 Å². The Balaban J connectivity index is 1.43. The van der Waals surface area contributed by atoms with Gasteiger partial charge in [0.15, 0.2) is 0 Å². The van der Waals surface area contributed by atoms with Crippen molar-refractivity contribution in [2.45, 2.75) is 31.2 Å². The first-order valence-electron chi connectivity index (χ1n) is 8.69. The van der Waals surface area contributed by atoms with Crippen LogP contribution in [0.2, 0.25) is 0 Å². The third-order valence-electron chi connectivity index (χ3n) is 5.81. The Morgan fingerprint density at radius 1 is 1.00 bits per heavy atom. The Labute approximate surface area is 150 Å². The molecule has 1 saturated carbocycles. The highest BCUT2D eigenvalue weighted by atomic mass is 79.9. The van der Waals surface area contributed by atoms with Crippen molar-refractivity contribution in [2.24, 2.45) is 5.92 Å². The number of rotatable bonds is 2. The van der Waals surface area contributed by atoms with Crippen molar-refractivity contribution in [2.75, 3.05) is 5.32 Å². The Morgan fingerprint density at radius 2 is 1.79 bits per heavy atom. The molecule has 2 nitrogen and oxygen atoms in total. The van der Waals surface area contributed by atoms with E-state index < -0.39 is 0 Å². The fourth-order valence-corrected chi connectivity index (χ4v) is 4.98. The van der Waals surface area contributed by atoms with E-state index in [1.54, 1.807) is 11.1 Å². The lowest BCUT2D eigenvalue weighted by Crippen LogP contribution is -2.47. The molecule has 0 bridgehead atoms. The van der Waals surface area contributed by atoms with E-state index in [-0.39, 0.29) is 0 Å². The van der Waals surface area contributed by atoms with Gasteiger partial charge in [-0.25, -0.2) is 4.98 Å². The first-order valence-corrected chi connectivity index (χ1v) is 9.48. The first kappa shape index (κ1) is 14.5. The molecule has 3 atom stereocenters. The van der Waals surface area contributed by atoms with Gasteiger partial charge in [0.05, 0.1) is 0 Å². The molecule has 1 fully saturated rings. The SMILES string of the molecule is Brc1cnc(NC2CC3c4ccccc4CCC23)c2ccccc12. The standard InChI is InChI=1S/C21H19BrN2/c22-19-12-23-21(17-8-4-3-7-15(17)19)24-20-11-18-14-6-2-1-5-13(14)9-10-16(18)20/h1-8,12,16,18,20H,9-11H2,(H,23,24). The van der Waals surface area contributed by atoms with E-state index in [1.807, 2.05) is 6.20 Å². The minimum Gasteiger partial charge on any atom is -0.367 e. The smallest absolute Gasteiger partial charge is 0.134 e. The second-order valence-corrected chi connectivity index (χ2v) is 7.85. The number of fused-ring (bicyclic) bond motifs is 4. The number of aryl methyl sites for hydroxylation is 1. The van der Waals surface area contributed by atoms with Gasteiger partial charge in [-0.3, -0.25) is 0 Å². The number of halogens is 1. The molecule has 2 aromatic carbocycles. The van der Waals surface area contributed by atoms with Crippen LogP contribution < -0.4 is 5.32 Å². The topological polar surface area (TPSA) is 24.9 Å². The van der Waals surface area contributed by atoms with E-state index in [0.29, 0.717) is 6.04 Å². The highest BCUT2D eigenvalue weighted by molar-refractivity contribution is 9.10. The van der Waals surface area contributed by atoms with Gasteiger partial charge in [-0.2, -0.15) is 0 Å². The summed E-state index contributed by atoms with van der Waals surface area (Å²) in [6, 6.07) is 18.0. The maximum absolute atomic E-state index is 4.65. The fraction of sp³-hybridized carbons (Fsp3) is 0.286. The van der Waals surface area contributed by atoms with Crippen molar-refractivity contribution in [3.8, 4) is 0 Å². The third-order valence-corrected chi connectivity index (χ3v) is 6.44. The summed E-state index contributed by atoms with van der Waals surface area (Å²) < 4.78 is 1.06. The van der Waals surface area contributed by atoms with Gasteiger partial charge in [-0.1, -0.05) is 48.5 Å². The molecule has 0 radical (unpaired) electrons. The van der Waals surface area contributed by atoms with Crippen molar-refractivity contribution in [1.82, 2.24) is 4.98 Å². The second-order valence-electron chi connectivity index (χ2n) is 6.99. The van der Waals surface area contributed by atoms with Crippen LogP contribution in [-0.4, -0.2) is 11.0 Å². The number of anilines is 1. The lowest BCUT2D eigenvalue weighted by molar-refractivity contribution is 0.194. The highest BCUT2D eigenvalue weighted by Gasteiger charge is 2.44. The van der Waals surface area contributed by atoms with Gasteiger partial charge >= 0.3 is 0 Å². The van der Waals surface area contributed by atoms with Crippen molar-refractivity contribution >= 4 is 32.5 Å². The van der Waals surface area contributed by atoms with E-state index in [2.05, 4.69) is 74.8 Å². The van der Waals surface area contributed by atoms with Crippen LogP contribution in [-0.2, 0) is 6.42 Å². The normalized spacial score (nSPS) is 24.8. The largest absolute Gasteiger partial charge is 0.367 e. The van der Waals surface area contributed by atoms with Gasteiger partial charge in [0, 0.05) is 27.5 Å². The zero-order valence-electron chi connectivity index (χ0n) is 13.4. The summed E-state index contributed by atoms with van der Waals surface area (Å²) in [6.45, 7) is 0. The van der Waals surface area contributed by atoms with E-state index in [9.17, 15) is 0 Å². The predicted octanol–water partition coefficient (Wildman–Crippen LogP) is 5.53. The summed E-state index contributed by atoms with van der Waals surface area (Å²) >= 11 is 3.61. The first-order chi connectivity index (χ1) is 11.8. The van der Waals surface area contributed by atoms with Crippen molar-refractivity contribution in [1.29, 1.82) is 0 Å². The van der Waals surface area contributed by atoms with Crippen LogP contribution in [0.25, 0.3) is 10.8 Å². The van der Waals surface area contributed by atoms with Crippen LogP contribution in [0.5, 0.6) is 0 Å². The maximum Gasteiger partial charge on any atom is 0.134 e. The molecule has 3 heteroatoms. The fourth-order valence-electron chi connectivity index (χ4n) is 4.53. The van der Waals surface area contributed by atoms with E-state index in [4.69, 9.17) is 0 Å². The summed E-state index contributed by atoms with van der Waals surface area (Å²) in [7, 11) is 0. The Hall–Kier alpha value is -1.87. The molecule has 3 aromatic rings. The summed E-state index contributed by atoms with van der Waals surface area (Å²) in [4.78, 5) is 4.65. The predicted molar refractivity (Wildman–Crippen MR) is 102 cm³/mol. The van der Waals surface area contributed by atoms with E-state index in [1.165, 1.54) is 30.0 Å². The minimum absolute atomic E-state index is 0.542. The molecule has 24 heavy (non-hydrogen) atoms. The van der Waals surface area contributed by atoms with Crippen LogP contribution in [0.1, 0.15) is 29.9 Å². The highest BCUT2D eigenvalue weighted by Crippen LogP contribution is 2.50. The van der Waals surface area contributed by atoms with Crippen LogP contribution >= 0.6 is 15.9 Å². The van der Waals surface area contributed by atoms with Gasteiger partial charge in [0.25, 0.3) is 0 Å². The number of aromatic nitrogens is 1. The van der Waals surface area contributed by atoms with E-state index >= 15 is 0 Å². The third kappa shape index (κ3) is 2.18. The maximum atomic E-state index is 4.65. The number of pyridine rings is 1. The molecule has 1 N–H and O–H groups in total. The molecule has 2 aliphatic carbocycles. The minimum atomic E-state index is 0.542. The van der Waals surface area contributed by atoms with E-state index in [0.717, 1.165) is 22.1 Å². The van der Waals surface area contributed by atoms with Crippen molar-refractivity contribution < 1.29 is 0 Å². The molecule has 0 saturated heterocycles. The van der Waals surface area contributed by atoms with Crippen LogP contribution in [0.4, 0.5) is 5.82 Å². The van der Waals surface area contributed by atoms with Crippen LogP contribution in [0.15, 0.2) is 59.2 Å². The number of hydrogen-bond acceptors (Lipinski definition) is 2. The molecule has 120 valence electrons. The van der Waals surface area contributed by atoms with Gasteiger partial charge in [-0.05, 0) is 58.2 Å². The van der Waals surface area contributed by atoms with Gasteiger partial charge < -0.3 is 5.32 Å². The lowest BCUT2D eigenvalue weighted by atomic mass is 9.60. The average molecular weight is 379 g/mol. The number of benzene rings is 2. The Morgan fingerprint density at radius 3 is 2.71 bits per heavy atom. The second kappa shape index (κ2) is 5.59. The monoisotopic (exact) mass is 378 g/mol. The molecule has 0 aliphatic heterocycles. The molecule has 1 heterocycles. The molecule has 2 aliphatic rings. The lowest BCUT2D eigenvalue weighted by Gasteiger charge is -2.49. The molecular weight excluding hydrogens is 360 g/mol. The molecule has 0 spiro atoms. The molecule has 0 amide bonds. The number of hydrogen-bond donors (Lipinski definition) is 1. The number of nitrogens with zero attached hydrogens (tertiary/aromatic N) is 1. The zero-order valence-corrected chi connectivity index (χ0v) is 15.0. The van der Waals surface area contributed by atoms with Crippen molar-refractivity contribution in [3.63, 3.8) is 0 Å². The van der Waals surface area contributed by atoms with Crippen molar-refractivity contribution in [3.05, 3.63) is 70.3 Å². The van der Waals surface area contributed by atoms with Crippen LogP contribution in [0, 0.1) is 5.92 Å². The molecule has 5 rings (SSSR count). The number of nitrogens with one attached hydrogen (secondary N) is 1. The average Bonchev–Trinajstić information content (AvgIpc) is 2.61. The quantitative estimate of drug-likeness (QED) is 0.634. The summed E-state index contributed by atoms with van der Waals surface area (Å²) in [6.07, 6.45) is 5.63. The summed E-state index contributed by atoms with van der Waals surface area (Å²) in [5.74, 6) is 2.49. The van der Waals surface area contributed by atoms with Crippen LogP contribution in [0.3, 0.4) is 0 Å².